The summed E-state index contributed by atoms with van der Waals surface area (Å²) in [6.45, 7) is 0. The Hall–Kier alpha value is 0.656. The van der Waals surface area contributed by atoms with Gasteiger partial charge >= 0.3 is 17.1 Å². The Bertz CT molecular complexity index is 33.8. The fourth-order valence-corrected chi connectivity index (χ4v) is 0. The number of rotatable bonds is 0. The first-order valence-corrected chi connectivity index (χ1v) is 1.84. The minimum absolute atomic E-state index is 0. The summed E-state index contributed by atoms with van der Waals surface area (Å²) in [6.07, 6.45) is 0. The van der Waals surface area contributed by atoms with Crippen LogP contribution in [0.4, 0.5) is 0 Å². The van der Waals surface area contributed by atoms with E-state index in [1.807, 2.05) is 0 Å². The normalized spacial score (nSPS) is 4.00. The molecule has 0 spiro atoms. The fourth-order valence-electron chi connectivity index (χ4n) is 0. The Balaban J connectivity index is -0.0000000450. The van der Waals surface area contributed by atoms with Crippen LogP contribution in [0.1, 0.15) is 0 Å². The molecule has 0 aliphatic carbocycles. The quantitative estimate of drug-likeness (QED) is 0.382. The molecule has 0 aromatic heterocycles. The van der Waals surface area contributed by atoms with Gasteiger partial charge in [0.15, 0.2) is 0 Å². The molecule has 1 radical (unpaired) electrons. The third-order valence-electron chi connectivity index (χ3n) is 0. The molecule has 0 atom stereocenters. The van der Waals surface area contributed by atoms with Crippen LogP contribution in [0, 0.1) is 0 Å². The zero-order valence-corrected chi connectivity index (χ0v) is 5.74. The van der Waals surface area contributed by atoms with E-state index in [-0.39, 0.29) is 34.1 Å². The first-order chi connectivity index (χ1) is 1.73. The van der Waals surface area contributed by atoms with E-state index in [1.54, 1.807) is 0 Å². The second-order valence-electron chi connectivity index (χ2n) is 0.250. The second-order valence-corrected chi connectivity index (χ2v) is 0.750. The standard InChI is InChI=1S/Fe.Mn.O3Si/c;;1-4(2)3/q;+2;-2. The van der Waals surface area contributed by atoms with Crippen LogP contribution >= 0.6 is 0 Å². The maximum atomic E-state index is 8.52. The van der Waals surface area contributed by atoms with E-state index in [4.69, 9.17) is 14.1 Å². The van der Waals surface area contributed by atoms with Gasteiger partial charge in [0, 0.05) is 26.2 Å². The first kappa shape index (κ1) is 15.9. The van der Waals surface area contributed by atoms with E-state index in [9.17, 15) is 0 Å². The third-order valence-corrected chi connectivity index (χ3v) is 0. The van der Waals surface area contributed by atoms with Gasteiger partial charge in [-0.25, -0.2) is 0 Å². The Kier molecular flexibility index (Phi) is 24.4. The van der Waals surface area contributed by atoms with E-state index >= 15 is 0 Å². The average Bonchev–Trinajstić information content (AvgIpc) is 0.811. The molecule has 0 aliphatic rings. The van der Waals surface area contributed by atoms with Crippen LogP contribution < -0.4 is 9.59 Å². The summed E-state index contributed by atoms with van der Waals surface area (Å²) >= 11 is 0. The summed E-state index contributed by atoms with van der Waals surface area (Å²) in [6, 6.07) is 0. The van der Waals surface area contributed by atoms with E-state index in [1.165, 1.54) is 0 Å². The van der Waals surface area contributed by atoms with Crippen molar-refractivity contribution < 1.29 is 48.2 Å². The minimum Gasteiger partial charge on any atom is -0.672 e. The first-order valence-electron chi connectivity index (χ1n) is 0.612. The van der Waals surface area contributed by atoms with Crippen molar-refractivity contribution in [2.75, 3.05) is 0 Å². The van der Waals surface area contributed by atoms with Gasteiger partial charge in [-0.05, 0) is 0 Å². The van der Waals surface area contributed by atoms with Gasteiger partial charge in [-0.1, -0.05) is 0 Å². The smallest absolute Gasteiger partial charge is 0.672 e. The molecule has 0 saturated carbocycles. The second kappa shape index (κ2) is 9.17. The summed E-state index contributed by atoms with van der Waals surface area (Å²) in [7, 11) is -3.63. The van der Waals surface area contributed by atoms with Gasteiger partial charge in [-0.2, -0.15) is 0 Å². The van der Waals surface area contributed by atoms with Crippen molar-refractivity contribution in [3.8, 4) is 0 Å². The van der Waals surface area contributed by atoms with Crippen LogP contribution in [0.15, 0.2) is 0 Å². The molecule has 6 heavy (non-hydrogen) atoms. The average molecular weight is 187 g/mol. The van der Waals surface area contributed by atoms with Crippen molar-refractivity contribution in [3.05, 3.63) is 0 Å². The summed E-state index contributed by atoms with van der Waals surface area (Å²) in [5.41, 5.74) is 0. The fraction of sp³-hybridized carbons (Fsp3) is 0. The van der Waals surface area contributed by atoms with Crippen molar-refractivity contribution >= 4 is 9.17 Å². The van der Waals surface area contributed by atoms with Crippen LogP contribution in [0.2, 0.25) is 0 Å². The molecule has 0 aromatic carbocycles. The SMILES string of the molecule is O=[Si]([O-])[O-].[Fe].[Mn+2]. The summed E-state index contributed by atoms with van der Waals surface area (Å²) < 4.78 is 8.52. The Morgan fingerprint density at radius 1 is 1.33 bits per heavy atom. The number of hydrogen-bond acceptors (Lipinski definition) is 3. The maximum Gasteiger partial charge on any atom is 2.00 e. The van der Waals surface area contributed by atoms with Crippen molar-refractivity contribution in [3.63, 3.8) is 0 Å². The minimum atomic E-state index is -3.63. The van der Waals surface area contributed by atoms with Gasteiger partial charge in [0.2, 0.25) is 0 Å². The molecule has 0 saturated heterocycles. The van der Waals surface area contributed by atoms with E-state index in [0.29, 0.717) is 0 Å². The number of hydrogen-bond donors (Lipinski definition) is 0. The van der Waals surface area contributed by atoms with Crippen LogP contribution in [0.25, 0.3) is 0 Å². The van der Waals surface area contributed by atoms with Crippen molar-refractivity contribution in [1.82, 2.24) is 0 Å². The molecule has 0 fully saturated rings. The van der Waals surface area contributed by atoms with E-state index < -0.39 is 9.17 Å². The Morgan fingerprint density at radius 3 is 1.33 bits per heavy atom. The molecular formula is FeMnO3Si. The molecule has 0 amide bonds. The zero-order chi connectivity index (χ0) is 3.58. The van der Waals surface area contributed by atoms with E-state index in [2.05, 4.69) is 0 Å². The summed E-state index contributed by atoms with van der Waals surface area (Å²) in [5.74, 6) is 0. The summed E-state index contributed by atoms with van der Waals surface area (Å²) in [5, 5.41) is 0. The predicted molar refractivity (Wildman–Crippen MR) is 6.44 cm³/mol. The predicted octanol–water partition coefficient (Wildman–Crippen LogP) is -2.88. The molecule has 0 aliphatic heterocycles. The largest absolute Gasteiger partial charge is 2.00 e. The third kappa shape index (κ3) is 145. The topological polar surface area (TPSA) is 63.2 Å². The molecule has 0 N–H and O–H groups in total. The van der Waals surface area contributed by atoms with Gasteiger partial charge in [-0.3, -0.25) is 0 Å². The molecular weight excluding hydrogens is 187 g/mol. The summed E-state index contributed by atoms with van der Waals surface area (Å²) in [4.78, 5) is 17.0. The molecule has 6 heteroatoms. The van der Waals surface area contributed by atoms with Crippen LogP contribution in [0.5, 0.6) is 0 Å². The maximum absolute atomic E-state index is 8.52. The molecule has 0 bridgehead atoms. The Morgan fingerprint density at radius 2 is 1.33 bits per heavy atom. The Labute approximate surface area is 57.6 Å². The molecule has 0 aromatic rings. The van der Waals surface area contributed by atoms with Gasteiger partial charge in [-0.15, -0.1) is 0 Å². The molecule has 0 rings (SSSR count). The van der Waals surface area contributed by atoms with Gasteiger partial charge < -0.3 is 14.1 Å². The zero-order valence-electron chi connectivity index (χ0n) is 2.46. The van der Waals surface area contributed by atoms with E-state index in [0.717, 1.165) is 0 Å². The van der Waals surface area contributed by atoms with Crippen molar-refractivity contribution in [2.24, 2.45) is 0 Å². The monoisotopic (exact) mass is 187 g/mol. The molecule has 37 valence electrons. The van der Waals surface area contributed by atoms with Gasteiger partial charge in [0.05, 0.1) is 0 Å². The van der Waals surface area contributed by atoms with Crippen molar-refractivity contribution in [2.45, 2.75) is 0 Å². The molecule has 3 nitrogen and oxygen atoms in total. The van der Waals surface area contributed by atoms with Crippen LogP contribution in [-0.4, -0.2) is 9.17 Å². The van der Waals surface area contributed by atoms with Crippen molar-refractivity contribution in [1.29, 1.82) is 0 Å². The molecule has 0 heterocycles. The van der Waals surface area contributed by atoms with Gasteiger partial charge in [0.25, 0.3) is 0 Å². The molecule has 0 unspecified atom stereocenters. The van der Waals surface area contributed by atoms with Gasteiger partial charge in [0.1, 0.15) is 0 Å². The van der Waals surface area contributed by atoms with Crippen LogP contribution in [-0.2, 0) is 38.6 Å². The van der Waals surface area contributed by atoms with Crippen LogP contribution in [0.3, 0.4) is 0 Å².